The summed E-state index contributed by atoms with van der Waals surface area (Å²) < 4.78 is 71.7. The molecule has 178 valence electrons. The molecular weight excluding hydrogens is 472 g/mol. The molecule has 4 rings (SSSR count). The molecule has 0 atom stereocenters. The molecule has 12 heteroatoms. The van der Waals surface area contributed by atoms with Crippen molar-refractivity contribution in [3.63, 3.8) is 0 Å². The summed E-state index contributed by atoms with van der Waals surface area (Å²) in [6.45, 7) is -0.586. The number of sulfonamides is 1. The molecule has 2 aromatic carbocycles. The minimum absolute atomic E-state index is 0.0288. The first-order chi connectivity index (χ1) is 16.2. The van der Waals surface area contributed by atoms with Crippen LogP contribution in [0.5, 0.6) is 17.4 Å². The Hall–Kier alpha value is -3.93. The Morgan fingerprint density at radius 1 is 0.941 bits per heavy atom. The maximum Gasteiger partial charge on any atom is 0.344 e. The van der Waals surface area contributed by atoms with Crippen LogP contribution in [-0.4, -0.2) is 40.8 Å². The first-order valence-electron chi connectivity index (χ1n) is 9.79. The fraction of sp³-hybridized carbons (Fsp3) is 0.182. The molecule has 0 aliphatic carbocycles. The molecule has 0 bridgehead atoms. The fourth-order valence-electron chi connectivity index (χ4n) is 3.53. The molecular formula is C22H19F2N3O6S. The number of nitrogens with zero attached hydrogens (tertiary/aromatic N) is 3. The summed E-state index contributed by atoms with van der Waals surface area (Å²) in [6.07, 6.45) is 0. The number of aromatic nitrogens is 1. The maximum atomic E-state index is 14.7. The lowest BCUT2D eigenvalue weighted by molar-refractivity contribution is 0.253. The van der Waals surface area contributed by atoms with Crippen LogP contribution in [0.1, 0.15) is 5.56 Å². The molecule has 0 saturated carbocycles. The lowest BCUT2D eigenvalue weighted by atomic mass is 10.1. The number of carbonyl (C=O) groups excluding carboxylic acids is 1. The number of pyridine rings is 1. The summed E-state index contributed by atoms with van der Waals surface area (Å²) in [4.78, 5) is 18.3. The summed E-state index contributed by atoms with van der Waals surface area (Å²) in [7, 11) is -0.472. The topological polar surface area (TPSA) is 98.3 Å². The van der Waals surface area contributed by atoms with Gasteiger partial charge in [0.25, 0.3) is 15.9 Å². The van der Waals surface area contributed by atoms with Crippen LogP contribution in [-0.2, 0) is 16.6 Å². The lowest BCUT2D eigenvalue weighted by Crippen LogP contribution is -2.51. The standard InChI is InChI=1S/C22H19F2N3O6S/c1-31-13-10-15(23)14(16(24)11-13)12-26-17-6-4-5-7-19(17)34(29,30)27(22(26)28)20-9-8-18(32-2)21(25-20)33-3/h4-11H,12H2,1-3H3. The van der Waals surface area contributed by atoms with Crippen molar-refractivity contribution >= 4 is 27.6 Å². The Labute approximate surface area is 194 Å². The zero-order valence-corrected chi connectivity index (χ0v) is 19.1. The molecule has 3 aromatic rings. The number of benzene rings is 2. The predicted octanol–water partition coefficient (Wildman–Crippen LogP) is 3.72. The van der Waals surface area contributed by atoms with Crippen molar-refractivity contribution in [3.05, 3.63) is 65.7 Å². The van der Waals surface area contributed by atoms with Gasteiger partial charge in [0.1, 0.15) is 22.3 Å². The number of methoxy groups -OCH3 is 3. The van der Waals surface area contributed by atoms with Crippen molar-refractivity contribution in [2.45, 2.75) is 11.4 Å². The number of rotatable bonds is 6. The summed E-state index contributed by atoms with van der Waals surface area (Å²) >= 11 is 0. The van der Waals surface area contributed by atoms with Crippen LogP contribution in [0.3, 0.4) is 0 Å². The zero-order valence-electron chi connectivity index (χ0n) is 18.3. The molecule has 1 aliphatic rings. The smallest absolute Gasteiger partial charge is 0.344 e. The number of anilines is 2. The highest BCUT2D eigenvalue weighted by Gasteiger charge is 2.44. The van der Waals surface area contributed by atoms with Gasteiger partial charge in [-0.1, -0.05) is 12.1 Å². The third kappa shape index (κ3) is 3.75. The molecule has 0 radical (unpaired) electrons. The van der Waals surface area contributed by atoms with Gasteiger partial charge in [0.05, 0.1) is 33.6 Å². The van der Waals surface area contributed by atoms with Gasteiger partial charge in [-0.2, -0.15) is 9.29 Å². The van der Waals surface area contributed by atoms with Crippen LogP contribution < -0.4 is 23.4 Å². The molecule has 0 N–H and O–H groups in total. The maximum absolute atomic E-state index is 14.7. The molecule has 0 saturated heterocycles. The SMILES string of the molecule is COc1cc(F)c(CN2C(=O)N(c3ccc(OC)c(OC)n3)S(=O)(=O)c3ccccc32)c(F)c1. The third-order valence-electron chi connectivity index (χ3n) is 5.18. The summed E-state index contributed by atoms with van der Waals surface area (Å²) in [6, 6.07) is 9.18. The quantitative estimate of drug-likeness (QED) is 0.518. The van der Waals surface area contributed by atoms with E-state index in [1.807, 2.05) is 0 Å². The number of hydrogen-bond donors (Lipinski definition) is 0. The third-order valence-corrected chi connectivity index (χ3v) is 6.90. The minimum Gasteiger partial charge on any atom is -0.497 e. The number of fused-ring (bicyclic) bond motifs is 1. The molecule has 9 nitrogen and oxygen atoms in total. The summed E-state index contributed by atoms with van der Waals surface area (Å²) in [5.74, 6) is -2.06. The fourth-order valence-corrected chi connectivity index (χ4v) is 5.07. The molecule has 34 heavy (non-hydrogen) atoms. The Bertz CT molecular complexity index is 1360. The number of urea groups is 1. The van der Waals surface area contributed by atoms with E-state index in [0.717, 1.165) is 17.0 Å². The summed E-state index contributed by atoms with van der Waals surface area (Å²) in [5.41, 5.74) is -0.470. The minimum atomic E-state index is -4.41. The first-order valence-corrected chi connectivity index (χ1v) is 11.2. The largest absolute Gasteiger partial charge is 0.497 e. The monoisotopic (exact) mass is 491 g/mol. The van der Waals surface area contributed by atoms with Crippen molar-refractivity contribution in [2.75, 3.05) is 30.5 Å². The normalized spacial score (nSPS) is 14.6. The molecule has 1 aromatic heterocycles. The number of para-hydroxylation sites is 1. The average molecular weight is 491 g/mol. The number of carbonyl (C=O) groups is 1. The first kappa shape index (κ1) is 23.2. The molecule has 2 heterocycles. The van der Waals surface area contributed by atoms with E-state index in [0.29, 0.717) is 4.31 Å². The number of hydrogen-bond acceptors (Lipinski definition) is 7. The highest BCUT2D eigenvalue weighted by atomic mass is 32.2. The highest BCUT2D eigenvalue weighted by molar-refractivity contribution is 7.94. The van der Waals surface area contributed by atoms with Crippen LogP contribution >= 0.6 is 0 Å². The van der Waals surface area contributed by atoms with E-state index in [1.165, 1.54) is 57.7 Å². The molecule has 1 aliphatic heterocycles. The lowest BCUT2D eigenvalue weighted by Gasteiger charge is -2.35. The van der Waals surface area contributed by atoms with Gasteiger partial charge in [-0.15, -0.1) is 0 Å². The van der Waals surface area contributed by atoms with Crippen molar-refractivity contribution in [2.24, 2.45) is 0 Å². The zero-order chi connectivity index (χ0) is 24.6. The van der Waals surface area contributed by atoms with Crippen molar-refractivity contribution < 1.29 is 36.2 Å². The molecule has 0 fully saturated rings. The van der Waals surface area contributed by atoms with Gasteiger partial charge < -0.3 is 14.2 Å². The Balaban J connectivity index is 1.87. The van der Waals surface area contributed by atoms with Gasteiger partial charge in [0.15, 0.2) is 11.6 Å². The van der Waals surface area contributed by atoms with Gasteiger partial charge in [-0.3, -0.25) is 4.90 Å². The van der Waals surface area contributed by atoms with Gasteiger partial charge in [0, 0.05) is 17.7 Å². The van der Waals surface area contributed by atoms with Crippen LogP contribution in [0, 0.1) is 11.6 Å². The van der Waals surface area contributed by atoms with Crippen LogP contribution in [0.2, 0.25) is 0 Å². The molecule has 0 spiro atoms. The second-order valence-corrected chi connectivity index (χ2v) is 8.81. The van der Waals surface area contributed by atoms with Crippen molar-refractivity contribution in [1.82, 2.24) is 4.98 Å². The van der Waals surface area contributed by atoms with Gasteiger partial charge in [-0.05, 0) is 24.3 Å². The van der Waals surface area contributed by atoms with E-state index in [9.17, 15) is 22.0 Å². The van der Waals surface area contributed by atoms with Crippen LogP contribution in [0.4, 0.5) is 25.1 Å². The van der Waals surface area contributed by atoms with E-state index in [4.69, 9.17) is 14.2 Å². The van der Waals surface area contributed by atoms with E-state index >= 15 is 0 Å². The average Bonchev–Trinajstić information content (AvgIpc) is 2.82. The van der Waals surface area contributed by atoms with E-state index in [1.54, 1.807) is 0 Å². The van der Waals surface area contributed by atoms with Gasteiger partial charge in [0.2, 0.25) is 0 Å². The predicted molar refractivity (Wildman–Crippen MR) is 118 cm³/mol. The van der Waals surface area contributed by atoms with E-state index < -0.39 is 39.8 Å². The summed E-state index contributed by atoms with van der Waals surface area (Å²) in [5, 5.41) is 0. The van der Waals surface area contributed by atoms with E-state index in [-0.39, 0.29) is 33.8 Å². The molecule has 0 unspecified atom stereocenters. The van der Waals surface area contributed by atoms with Gasteiger partial charge in [-0.25, -0.2) is 22.0 Å². The van der Waals surface area contributed by atoms with Crippen molar-refractivity contribution in [3.8, 4) is 17.4 Å². The number of amides is 2. The Morgan fingerprint density at radius 2 is 1.62 bits per heavy atom. The number of ether oxygens (including phenoxy) is 3. The van der Waals surface area contributed by atoms with Crippen LogP contribution in [0.15, 0.2) is 53.4 Å². The number of halogens is 2. The second kappa shape index (κ2) is 8.78. The van der Waals surface area contributed by atoms with Gasteiger partial charge >= 0.3 is 6.03 Å². The molecule has 2 amide bonds. The van der Waals surface area contributed by atoms with Crippen molar-refractivity contribution in [1.29, 1.82) is 0 Å². The Kier molecular flexibility index (Phi) is 6.00. The second-order valence-electron chi connectivity index (χ2n) is 7.06. The van der Waals surface area contributed by atoms with Crippen LogP contribution in [0.25, 0.3) is 0 Å². The van der Waals surface area contributed by atoms with E-state index in [2.05, 4.69) is 4.98 Å². The highest BCUT2D eigenvalue weighted by Crippen LogP contribution is 2.39. The Morgan fingerprint density at radius 3 is 2.24 bits per heavy atom.